The van der Waals surface area contributed by atoms with Crippen LogP contribution in [-0.2, 0) is 14.8 Å². The number of benzene rings is 2. The number of fused-ring (bicyclic) bond motifs is 1. The second-order valence-corrected chi connectivity index (χ2v) is 11.3. The summed E-state index contributed by atoms with van der Waals surface area (Å²) in [5, 5.41) is 4.71. The maximum Gasteiger partial charge on any atom is 0.238 e. The predicted octanol–water partition coefficient (Wildman–Crippen LogP) is 5.19. The molecule has 0 saturated carbocycles. The lowest BCUT2D eigenvalue weighted by atomic mass is 10.1. The second kappa shape index (κ2) is 10.4. The smallest absolute Gasteiger partial charge is 0.238 e. The highest BCUT2D eigenvalue weighted by Gasteiger charge is 2.22. The van der Waals surface area contributed by atoms with Gasteiger partial charge in [-0.05, 0) is 19.1 Å². The number of hydrogen-bond donors (Lipinski definition) is 1. The van der Waals surface area contributed by atoms with E-state index >= 15 is 0 Å². The maximum absolute atomic E-state index is 12.7. The number of morpholine rings is 1. The van der Waals surface area contributed by atoms with E-state index in [1.807, 2.05) is 18.2 Å². The number of para-hydroxylation sites is 1. The van der Waals surface area contributed by atoms with Crippen molar-refractivity contribution in [3.8, 4) is 17.0 Å². The Labute approximate surface area is 225 Å². The molecular weight excluding hydrogens is 537 g/mol. The van der Waals surface area contributed by atoms with Crippen molar-refractivity contribution in [1.29, 1.82) is 0 Å². The van der Waals surface area contributed by atoms with E-state index in [0.29, 0.717) is 51.8 Å². The first-order valence-corrected chi connectivity index (χ1v) is 14.0. The molecule has 0 unspecified atom stereocenters. The number of methoxy groups -OCH3 is 1. The van der Waals surface area contributed by atoms with Crippen molar-refractivity contribution in [2.45, 2.75) is 6.92 Å². The second-order valence-electron chi connectivity index (χ2n) is 8.37. The summed E-state index contributed by atoms with van der Waals surface area (Å²) in [6.45, 7) is 4.35. The lowest BCUT2D eigenvalue weighted by Crippen LogP contribution is -2.36. The van der Waals surface area contributed by atoms with Gasteiger partial charge < -0.3 is 19.7 Å². The van der Waals surface area contributed by atoms with Crippen LogP contribution in [0.2, 0.25) is 10.0 Å². The quantitative estimate of drug-likeness (QED) is 0.329. The van der Waals surface area contributed by atoms with Gasteiger partial charge in [-0.1, -0.05) is 41.4 Å². The molecule has 1 aliphatic rings. The highest BCUT2D eigenvalue weighted by atomic mass is 35.5. The van der Waals surface area contributed by atoms with Crippen LogP contribution in [0.4, 0.5) is 17.3 Å². The zero-order chi connectivity index (χ0) is 26.2. The Morgan fingerprint density at radius 2 is 1.89 bits per heavy atom. The number of anilines is 3. The summed E-state index contributed by atoms with van der Waals surface area (Å²) in [4.78, 5) is 11.1. The van der Waals surface area contributed by atoms with E-state index in [0.717, 1.165) is 18.8 Å². The lowest BCUT2D eigenvalue weighted by molar-refractivity contribution is 0.122. The summed E-state index contributed by atoms with van der Waals surface area (Å²) in [6.07, 6.45) is 3.03. The van der Waals surface area contributed by atoms with Crippen LogP contribution < -0.4 is 15.0 Å². The largest absolute Gasteiger partial charge is 0.494 e. The van der Waals surface area contributed by atoms with Gasteiger partial charge >= 0.3 is 0 Å². The van der Waals surface area contributed by atoms with Gasteiger partial charge in [0.1, 0.15) is 5.75 Å². The predicted molar refractivity (Wildman–Crippen MR) is 147 cm³/mol. The molecule has 0 radical (unpaired) electrons. The molecule has 0 aliphatic carbocycles. The van der Waals surface area contributed by atoms with Gasteiger partial charge in [-0.15, -0.1) is 0 Å². The Morgan fingerprint density at radius 3 is 2.62 bits per heavy atom. The Bertz CT molecular complexity index is 1570. The normalized spacial score (nSPS) is 14.2. The molecule has 37 heavy (non-hydrogen) atoms. The number of rotatable bonds is 7. The first-order chi connectivity index (χ1) is 17.8. The molecule has 1 fully saturated rings. The monoisotopic (exact) mass is 561 g/mol. The van der Waals surface area contributed by atoms with Gasteiger partial charge in [-0.3, -0.25) is 0 Å². The molecule has 3 heterocycles. The number of nitrogens with one attached hydrogen (secondary N) is 1. The minimum Gasteiger partial charge on any atom is -0.494 e. The van der Waals surface area contributed by atoms with Crippen LogP contribution in [0.1, 0.15) is 6.92 Å². The molecule has 0 spiro atoms. The zero-order valence-corrected chi connectivity index (χ0v) is 22.6. The van der Waals surface area contributed by atoms with Crippen LogP contribution in [0.3, 0.4) is 0 Å². The molecule has 1 N–H and O–H groups in total. The molecule has 2 aromatic heterocycles. The molecule has 1 saturated heterocycles. The van der Waals surface area contributed by atoms with E-state index in [1.165, 1.54) is 10.2 Å². The summed E-state index contributed by atoms with van der Waals surface area (Å²) in [6, 6.07) is 10.9. The van der Waals surface area contributed by atoms with Gasteiger partial charge in [0.2, 0.25) is 16.0 Å². The first kappa shape index (κ1) is 25.6. The van der Waals surface area contributed by atoms with Crippen LogP contribution in [0.25, 0.3) is 22.2 Å². The molecule has 9 nitrogen and oxygen atoms in total. The van der Waals surface area contributed by atoms with Crippen LogP contribution in [0, 0.1) is 0 Å². The van der Waals surface area contributed by atoms with Gasteiger partial charge in [0.15, 0.2) is 0 Å². The summed E-state index contributed by atoms with van der Waals surface area (Å²) in [7, 11) is -1.96. The number of halogens is 2. The fraction of sp³-hybridized carbons (Fsp3) is 0.280. The average molecular weight is 562 g/mol. The Kier molecular flexibility index (Phi) is 7.17. The fourth-order valence-corrected chi connectivity index (χ4v) is 5.78. The standard InChI is InChI=1S/C25H25Cl2N5O4S/c1-3-37(33,34)32-15-17(16-6-4-5-7-21(16)32)24-19(27)14-28-25(30-24)29-20-12-18(26)22(13-23(20)35-2)31-8-10-36-11-9-31/h4-7,12-15H,3,8-11H2,1-2H3,(H,28,29,30). The summed E-state index contributed by atoms with van der Waals surface area (Å²) in [5.41, 5.74) is 2.96. The molecule has 2 aromatic carbocycles. The SMILES string of the molecule is CCS(=O)(=O)n1cc(-c2nc(Nc3cc(Cl)c(N4CCOCC4)cc3OC)ncc2Cl)c2ccccc21. The van der Waals surface area contributed by atoms with Crippen LogP contribution in [0.15, 0.2) is 48.8 Å². The third kappa shape index (κ3) is 4.94. The van der Waals surface area contributed by atoms with E-state index < -0.39 is 10.0 Å². The number of hydrogen-bond acceptors (Lipinski definition) is 8. The molecule has 194 valence electrons. The van der Waals surface area contributed by atoms with E-state index in [4.69, 9.17) is 32.7 Å². The maximum atomic E-state index is 12.7. The van der Waals surface area contributed by atoms with Crippen molar-refractivity contribution < 1.29 is 17.9 Å². The molecule has 4 aromatic rings. The first-order valence-electron chi connectivity index (χ1n) is 11.7. The van der Waals surface area contributed by atoms with E-state index in [-0.39, 0.29) is 16.7 Å². The molecule has 5 rings (SSSR count). The van der Waals surface area contributed by atoms with Crippen molar-refractivity contribution in [2.75, 3.05) is 49.4 Å². The zero-order valence-electron chi connectivity index (χ0n) is 20.2. The van der Waals surface area contributed by atoms with E-state index in [1.54, 1.807) is 38.4 Å². The summed E-state index contributed by atoms with van der Waals surface area (Å²) < 4.78 is 37.8. The van der Waals surface area contributed by atoms with E-state index in [2.05, 4.69) is 20.2 Å². The third-order valence-corrected chi connectivity index (χ3v) is 8.42. The van der Waals surface area contributed by atoms with Gasteiger partial charge in [0.25, 0.3) is 0 Å². The van der Waals surface area contributed by atoms with Gasteiger partial charge in [0, 0.05) is 36.3 Å². The highest BCUT2D eigenvalue weighted by Crippen LogP contribution is 2.39. The number of ether oxygens (including phenoxy) is 2. The Morgan fingerprint density at radius 1 is 1.14 bits per heavy atom. The molecule has 0 atom stereocenters. The van der Waals surface area contributed by atoms with Crippen LogP contribution >= 0.6 is 23.2 Å². The number of aromatic nitrogens is 3. The van der Waals surface area contributed by atoms with Crippen molar-refractivity contribution in [2.24, 2.45) is 0 Å². The minimum absolute atomic E-state index is 0.0452. The Balaban J connectivity index is 1.55. The molecule has 1 aliphatic heterocycles. The minimum atomic E-state index is -3.54. The summed E-state index contributed by atoms with van der Waals surface area (Å²) >= 11 is 13.1. The number of nitrogens with zero attached hydrogens (tertiary/aromatic N) is 4. The lowest BCUT2D eigenvalue weighted by Gasteiger charge is -2.30. The van der Waals surface area contributed by atoms with E-state index in [9.17, 15) is 8.42 Å². The van der Waals surface area contributed by atoms with Gasteiger partial charge in [-0.25, -0.2) is 22.4 Å². The van der Waals surface area contributed by atoms with Crippen molar-refractivity contribution in [1.82, 2.24) is 13.9 Å². The highest BCUT2D eigenvalue weighted by molar-refractivity contribution is 7.90. The molecule has 0 amide bonds. The van der Waals surface area contributed by atoms with Gasteiger partial charge in [-0.2, -0.15) is 0 Å². The van der Waals surface area contributed by atoms with Crippen molar-refractivity contribution >= 4 is 61.5 Å². The van der Waals surface area contributed by atoms with Crippen molar-refractivity contribution in [3.63, 3.8) is 0 Å². The van der Waals surface area contributed by atoms with Crippen LogP contribution in [-0.4, -0.2) is 61.5 Å². The Hall–Kier alpha value is -3.05. The topological polar surface area (TPSA) is 98.6 Å². The average Bonchev–Trinajstić information content (AvgIpc) is 3.31. The molecular formula is C25H25Cl2N5O4S. The fourth-order valence-electron chi connectivity index (χ4n) is 4.30. The van der Waals surface area contributed by atoms with Gasteiger partial charge in [0.05, 0.1) is 64.9 Å². The summed E-state index contributed by atoms with van der Waals surface area (Å²) in [5.74, 6) is 0.774. The third-order valence-electron chi connectivity index (χ3n) is 6.21. The van der Waals surface area contributed by atoms with Crippen LogP contribution in [0.5, 0.6) is 5.75 Å². The molecule has 12 heteroatoms. The molecule has 0 bridgehead atoms. The van der Waals surface area contributed by atoms with Crippen molar-refractivity contribution in [3.05, 3.63) is 58.8 Å².